The third kappa shape index (κ3) is 4.10. The molecule has 1 saturated heterocycles. The van der Waals surface area contributed by atoms with Crippen molar-refractivity contribution < 1.29 is 23.1 Å². The minimum absolute atomic E-state index is 0.00999. The van der Waals surface area contributed by atoms with Crippen LogP contribution >= 0.6 is 0 Å². The van der Waals surface area contributed by atoms with E-state index in [4.69, 9.17) is 19.9 Å². The molecule has 158 valence electrons. The largest absolute Gasteiger partial charge is 0.411 e. The zero-order chi connectivity index (χ0) is 22.2. The Bertz CT molecular complexity index is 1150. The first kappa shape index (κ1) is 22.0. The lowest BCUT2D eigenvalue weighted by molar-refractivity contribution is -0.159. The topological polar surface area (TPSA) is 109 Å². The molecule has 0 bridgehead atoms. The van der Waals surface area contributed by atoms with Crippen LogP contribution in [0.25, 0.3) is 0 Å². The number of benzene rings is 2. The van der Waals surface area contributed by atoms with E-state index in [-0.39, 0.29) is 16.2 Å². The van der Waals surface area contributed by atoms with Crippen molar-refractivity contribution in [2.45, 2.75) is 55.3 Å². The summed E-state index contributed by atoms with van der Waals surface area (Å²) < 4.78 is 38.3. The SMILES string of the molecule is C/C(=N\O)c1ccc(S(=O)(=O)c2cccc(C3(C)COC(C)(C)O3)c2)cc1CC#N. The highest BCUT2D eigenvalue weighted by atomic mass is 32.2. The lowest BCUT2D eigenvalue weighted by atomic mass is 9.97. The van der Waals surface area contributed by atoms with Gasteiger partial charge in [-0.25, -0.2) is 8.42 Å². The van der Waals surface area contributed by atoms with E-state index in [0.717, 1.165) is 0 Å². The van der Waals surface area contributed by atoms with Crippen molar-refractivity contribution in [2.75, 3.05) is 6.61 Å². The van der Waals surface area contributed by atoms with Crippen molar-refractivity contribution >= 4 is 15.5 Å². The van der Waals surface area contributed by atoms with Gasteiger partial charge in [0, 0.05) is 5.56 Å². The molecular weight excluding hydrogens is 404 g/mol. The van der Waals surface area contributed by atoms with Gasteiger partial charge in [-0.15, -0.1) is 0 Å². The molecule has 1 atom stereocenters. The van der Waals surface area contributed by atoms with Gasteiger partial charge in [0.1, 0.15) is 5.60 Å². The first-order valence-electron chi connectivity index (χ1n) is 9.41. The van der Waals surface area contributed by atoms with Gasteiger partial charge in [-0.3, -0.25) is 0 Å². The summed E-state index contributed by atoms with van der Waals surface area (Å²) in [5.74, 6) is -0.752. The number of hydrogen-bond donors (Lipinski definition) is 1. The molecule has 3 rings (SSSR count). The minimum Gasteiger partial charge on any atom is -0.411 e. The van der Waals surface area contributed by atoms with Crippen LogP contribution < -0.4 is 0 Å². The average Bonchev–Trinajstić information content (AvgIpc) is 3.01. The van der Waals surface area contributed by atoms with E-state index < -0.39 is 21.2 Å². The summed E-state index contributed by atoms with van der Waals surface area (Å²) in [7, 11) is -3.84. The van der Waals surface area contributed by atoms with Crippen LogP contribution in [-0.4, -0.2) is 31.7 Å². The predicted molar refractivity (Wildman–Crippen MR) is 110 cm³/mol. The molecule has 2 aromatic rings. The van der Waals surface area contributed by atoms with Gasteiger partial charge in [0.2, 0.25) is 9.84 Å². The van der Waals surface area contributed by atoms with E-state index in [1.807, 2.05) is 32.9 Å². The van der Waals surface area contributed by atoms with Gasteiger partial charge in [-0.1, -0.05) is 23.4 Å². The van der Waals surface area contributed by atoms with Crippen molar-refractivity contribution in [3.05, 3.63) is 59.2 Å². The number of oxime groups is 1. The summed E-state index contributed by atoms with van der Waals surface area (Å²) in [5.41, 5.74) is 1.25. The second-order valence-corrected chi connectivity index (χ2v) is 9.84. The maximum absolute atomic E-state index is 13.3. The molecule has 2 aromatic carbocycles. The molecule has 0 amide bonds. The van der Waals surface area contributed by atoms with Crippen LogP contribution in [-0.2, 0) is 31.3 Å². The molecule has 7 nitrogen and oxygen atoms in total. The molecule has 0 radical (unpaired) electrons. The number of nitrogens with zero attached hydrogens (tertiary/aromatic N) is 2. The fourth-order valence-corrected chi connectivity index (χ4v) is 4.92. The standard InChI is InChI=1S/C22H24N2O5S/c1-15(24-25)20-9-8-19(12-16(20)10-11-23)30(26,27)18-7-5-6-17(13-18)22(4)14-28-21(2,3)29-22/h5-9,12-13,25H,10,14H2,1-4H3/b24-15+. The molecule has 1 fully saturated rings. The number of rotatable bonds is 5. The minimum atomic E-state index is -3.84. The van der Waals surface area contributed by atoms with Crippen LogP contribution in [0.3, 0.4) is 0 Å². The van der Waals surface area contributed by atoms with Gasteiger partial charge >= 0.3 is 0 Å². The molecular formula is C22H24N2O5S. The first-order valence-corrected chi connectivity index (χ1v) is 10.9. The summed E-state index contributed by atoms with van der Waals surface area (Å²) in [5, 5.41) is 21.3. The summed E-state index contributed by atoms with van der Waals surface area (Å²) in [6.45, 7) is 7.39. The Balaban J connectivity index is 2.05. The van der Waals surface area contributed by atoms with Crippen LogP contribution in [0.4, 0.5) is 0 Å². The van der Waals surface area contributed by atoms with Crippen molar-refractivity contribution in [3.8, 4) is 6.07 Å². The fraction of sp³-hybridized carbons (Fsp3) is 0.364. The average molecular weight is 429 g/mol. The summed E-state index contributed by atoms with van der Waals surface area (Å²) in [6, 6.07) is 13.1. The van der Waals surface area contributed by atoms with Gasteiger partial charge in [-0.2, -0.15) is 5.26 Å². The van der Waals surface area contributed by atoms with Crippen LogP contribution in [0, 0.1) is 11.3 Å². The van der Waals surface area contributed by atoms with Crippen molar-refractivity contribution in [1.29, 1.82) is 5.26 Å². The number of hydrogen-bond acceptors (Lipinski definition) is 7. The highest BCUT2D eigenvalue weighted by Gasteiger charge is 2.43. The Morgan fingerprint density at radius 1 is 1.20 bits per heavy atom. The number of ether oxygens (including phenoxy) is 2. The van der Waals surface area contributed by atoms with Crippen LogP contribution in [0.2, 0.25) is 0 Å². The molecule has 8 heteroatoms. The van der Waals surface area contributed by atoms with Gasteiger partial charge in [0.25, 0.3) is 0 Å². The van der Waals surface area contributed by atoms with Crippen LogP contribution in [0.15, 0.2) is 57.4 Å². The normalized spacial score (nSPS) is 21.4. The molecule has 1 heterocycles. The molecule has 1 aliphatic rings. The lowest BCUT2D eigenvalue weighted by Gasteiger charge is -2.26. The van der Waals surface area contributed by atoms with E-state index >= 15 is 0 Å². The Labute approximate surface area is 176 Å². The molecule has 0 aromatic heterocycles. The molecule has 1 N–H and O–H groups in total. The summed E-state index contributed by atoms with van der Waals surface area (Å²) in [4.78, 5) is 0.186. The number of nitriles is 1. The van der Waals surface area contributed by atoms with E-state index in [1.54, 1.807) is 25.1 Å². The second-order valence-electron chi connectivity index (χ2n) is 7.89. The highest BCUT2D eigenvalue weighted by molar-refractivity contribution is 7.91. The van der Waals surface area contributed by atoms with Gasteiger partial charge in [0.05, 0.1) is 34.6 Å². The van der Waals surface area contributed by atoms with Gasteiger partial charge in [-0.05, 0) is 63.1 Å². The lowest BCUT2D eigenvalue weighted by Crippen LogP contribution is -2.28. The van der Waals surface area contributed by atoms with E-state index in [2.05, 4.69) is 5.16 Å². The van der Waals surface area contributed by atoms with Crippen molar-refractivity contribution in [1.82, 2.24) is 0 Å². The highest BCUT2D eigenvalue weighted by Crippen LogP contribution is 2.39. The Hall–Kier alpha value is -2.73. The van der Waals surface area contributed by atoms with Gasteiger partial charge in [0.15, 0.2) is 5.79 Å². The summed E-state index contributed by atoms with van der Waals surface area (Å²) >= 11 is 0. The number of sulfone groups is 1. The third-order valence-electron chi connectivity index (χ3n) is 5.12. The molecule has 0 spiro atoms. The Morgan fingerprint density at radius 3 is 2.50 bits per heavy atom. The smallest absolute Gasteiger partial charge is 0.206 e. The van der Waals surface area contributed by atoms with Crippen LogP contribution in [0.5, 0.6) is 0 Å². The molecule has 1 aliphatic heterocycles. The Kier molecular flexibility index (Phi) is 5.74. The van der Waals surface area contributed by atoms with Crippen LogP contribution in [0.1, 0.15) is 44.4 Å². The van der Waals surface area contributed by atoms with Crippen molar-refractivity contribution in [3.63, 3.8) is 0 Å². The molecule has 0 aliphatic carbocycles. The summed E-state index contributed by atoms with van der Waals surface area (Å²) in [6.07, 6.45) is -0.00999. The van der Waals surface area contributed by atoms with E-state index in [1.165, 1.54) is 18.2 Å². The Morgan fingerprint density at radius 2 is 1.90 bits per heavy atom. The maximum atomic E-state index is 13.3. The predicted octanol–water partition coefficient (Wildman–Crippen LogP) is 3.78. The van der Waals surface area contributed by atoms with Gasteiger partial charge < -0.3 is 14.7 Å². The zero-order valence-corrected chi connectivity index (χ0v) is 18.2. The zero-order valence-electron chi connectivity index (χ0n) is 17.3. The monoisotopic (exact) mass is 428 g/mol. The second kappa shape index (κ2) is 7.84. The molecule has 30 heavy (non-hydrogen) atoms. The quantitative estimate of drug-likeness (QED) is 0.441. The van der Waals surface area contributed by atoms with E-state index in [9.17, 15) is 8.42 Å². The first-order chi connectivity index (χ1) is 14.0. The third-order valence-corrected chi connectivity index (χ3v) is 6.87. The molecule has 1 unspecified atom stereocenters. The molecule has 0 saturated carbocycles. The van der Waals surface area contributed by atoms with E-state index in [0.29, 0.717) is 29.0 Å². The van der Waals surface area contributed by atoms with Crippen molar-refractivity contribution in [2.24, 2.45) is 5.16 Å². The maximum Gasteiger partial charge on any atom is 0.206 e. The fourth-order valence-electron chi connectivity index (χ4n) is 3.56.